The third-order valence-corrected chi connectivity index (χ3v) is 3.14. The van der Waals surface area contributed by atoms with E-state index in [2.05, 4.69) is 4.99 Å². The average molecular weight is 243 g/mol. The number of thioether (sulfide) groups is 1. The van der Waals surface area contributed by atoms with Crippen LogP contribution in [0.15, 0.2) is 23.2 Å². The van der Waals surface area contributed by atoms with Gasteiger partial charge in [0.05, 0.1) is 5.04 Å². The molecule has 1 atom stereocenters. The molecule has 0 saturated carbocycles. The molecule has 84 valence electrons. The lowest BCUT2D eigenvalue weighted by Crippen LogP contribution is -2.17. The second-order valence-corrected chi connectivity index (χ2v) is 4.27. The fourth-order valence-corrected chi connectivity index (χ4v) is 2.35. The number of aliphatic carboxylic acids is 1. The van der Waals surface area contributed by atoms with Crippen LogP contribution in [-0.4, -0.2) is 27.9 Å². The highest BCUT2D eigenvalue weighted by Crippen LogP contribution is 2.24. The van der Waals surface area contributed by atoms with Crippen molar-refractivity contribution in [3.8, 4) is 0 Å². The third kappa shape index (κ3) is 2.21. The molecule has 0 amide bonds. The first kappa shape index (κ1) is 11.1. The van der Waals surface area contributed by atoms with Crippen LogP contribution in [0.25, 0.3) is 0 Å². The molecule has 16 heavy (non-hydrogen) atoms. The maximum Gasteiger partial charge on any atom is 0.329 e. The lowest BCUT2D eigenvalue weighted by molar-refractivity contribution is -0.137. The van der Waals surface area contributed by atoms with Crippen LogP contribution >= 0.6 is 11.8 Å². The second kappa shape index (κ2) is 4.21. The molecular weight excluding hydrogens is 236 g/mol. The van der Waals surface area contributed by atoms with Crippen LogP contribution in [0.4, 0.5) is 8.78 Å². The van der Waals surface area contributed by atoms with Gasteiger partial charge in [-0.15, -0.1) is 11.8 Å². The summed E-state index contributed by atoms with van der Waals surface area (Å²) in [5.74, 6) is -2.13. The molecule has 1 aliphatic rings. The molecule has 0 aromatic heterocycles. The number of hydrogen-bond donors (Lipinski definition) is 1. The molecule has 0 bridgehead atoms. The smallest absolute Gasteiger partial charge is 0.329 e. The predicted molar refractivity (Wildman–Crippen MR) is 56.8 cm³/mol. The number of carbonyl (C=O) groups is 1. The summed E-state index contributed by atoms with van der Waals surface area (Å²) < 4.78 is 25.8. The molecule has 0 aliphatic carbocycles. The molecule has 1 N–H and O–H groups in total. The quantitative estimate of drug-likeness (QED) is 0.863. The number of nitrogens with zero attached hydrogens (tertiary/aromatic N) is 1. The Hall–Kier alpha value is -1.43. The van der Waals surface area contributed by atoms with Crippen molar-refractivity contribution in [2.45, 2.75) is 6.04 Å². The van der Waals surface area contributed by atoms with E-state index in [1.54, 1.807) is 0 Å². The molecular formula is C10H7F2NO2S. The van der Waals surface area contributed by atoms with Gasteiger partial charge >= 0.3 is 5.97 Å². The predicted octanol–water partition coefficient (Wildman–Crippen LogP) is 1.91. The van der Waals surface area contributed by atoms with Gasteiger partial charge in [0, 0.05) is 17.4 Å². The largest absolute Gasteiger partial charge is 0.480 e. The Morgan fingerprint density at radius 1 is 1.38 bits per heavy atom. The summed E-state index contributed by atoms with van der Waals surface area (Å²) in [6.07, 6.45) is 0. The minimum Gasteiger partial charge on any atom is -0.480 e. The van der Waals surface area contributed by atoms with Crippen molar-refractivity contribution in [2.75, 3.05) is 5.75 Å². The lowest BCUT2D eigenvalue weighted by Gasteiger charge is -1.99. The van der Waals surface area contributed by atoms with E-state index < -0.39 is 23.6 Å². The fraction of sp³-hybridized carbons (Fsp3) is 0.200. The molecule has 2 rings (SSSR count). The van der Waals surface area contributed by atoms with Gasteiger partial charge in [0.25, 0.3) is 0 Å². The molecule has 1 aliphatic heterocycles. The number of halogens is 2. The average Bonchev–Trinajstić information content (AvgIpc) is 2.64. The van der Waals surface area contributed by atoms with Crippen molar-refractivity contribution >= 4 is 22.8 Å². The Labute approximate surface area is 94.2 Å². The summed E-state index contributed by atoms with van der Waals surface area (Å²) in [5.41, 5.74) is 0.284. The van der Waals surface area contributed by atoms with Gasteiger partial charge < -0.3 is 5.11 Å². The molecule has 1 heterocycles. The summed E-state index contributed by atoms with van der Waals surface area (Å²) in [5, 5.41) is 9.09. The third-order valence-electron chi connectivity index (χ3n) is 2.05. The van der Waals surface area contributed by atoms with Crippen molar-refractivity contribution in [1.29, 1.82) is 0 Å². The van der Waals surface area contributed by atoms with E-state index in [9.17, 15) is 13.6 Å². The van der Waals surface area contributed by atoms with Crippen LogP contribution in [-0.2, 0) is 4.79 Å². The van der Waals surface area contributed by atoms with E-state index >= 15 is 0 Å². The number of benzene rings is 1. The fourth-order valence-electron chi connectivity index (χ4n) is 1.34. The maximum absolute atomic E-state index is 12.9. The number of aliphatic imine (C=N–C) groups is 1. The van der Waals surface area contributed by atoms with Gasteiger partial charge in [0.2, 0.25) is 0 Å². The van der Waals surface area contributed by atoms with E-state index in [-0.39, 0.29) is 5.56 Å². The van der Waals surface area contributed by atoms with Crippen LogP contribution in [0.5, 0.6) is 0 Å². The first-order valence-electron chi connectivity index (χ1n) is 4.46. The summed E-state index contributed by atoms with van der Waals surface area (Å²) in [7, 11) is 0. The molecule has 1 unspecified atom stereocenters. The molecule has 0 spiro atoms. The highest BCUT2D eigenvalue weighted by Gasteiger charge is 2.25. The van der Waals surface area contributed by atoms with Crippen molar-refractivity contribution in [3.05, 3.63) is 35.4 Å². The van der Waals surface area contributed by atoms with Gasteiger partial charge in [-0.25, -0.2) is 13.6 Å². The molecule has 0 saturated heterocycles. The highest BCUT2D eigenvalue weighted by molar-refractivity contribution is 8.14. The van der Waals surface area contributed by atoms with E-state index in [0.29, 0.717) is 10.8 Å². The molecule has 0 radical (unpaired) electrons. The standard InChI is InChI=1S/C10H7F2NO2S/c11-6-1-5(2-7(12)3-6)9-13-8(4-16-9)10(14)15/h1-3,8H,4H2,(H,14,15). The molecule has 6 heteroatoms. The number of hydrogen-bond acceptors (Lipinski definition) is 3. The zero-order chi connectivity index (χ0) is 11.7. The Balaban J connectivity index is 2.32. The van der Waals surface area contributed by atoms with E-state index in [4.69, 9.17) is 5.11 Å². The van der Waals surface area contributed by atoms with Gasteiger partial charge in [-0.3, -0.25) is 4.99 Å². The van der Waals surface area contributed by atoms with Crippen molar-refractivity contribution in [2.24, 2.45) is 4.99 Å². The molecule has 0 fully saturated rings. The Kier molecular flexibility index (Phi) is 2.91. The van der Waals surface area contributed by atoms with E-state index in [0.717, 1.165) is 18.2 Å². The summed E-state index contributed by atoms with van der Waals surface area (Å²) in [6.45, 7) is 0. The van der Waals surface area contributed by atoms with Crippen LogP contribution in [0, 0.1) is 11.6 Å². The number of carboxylic acid groups (broad SMARTS) is 1. The zero-order valence-corrected chi connectivity index (χ0v) is 8.80. The first-order valence-corrected chi connectivity index (χ1v) is 5.44. The van der Waals surface area contributed by atoms with E-state index in [1.165, 1.54) is 11.8 Å². The first-order chi connectivity index (χ1) is 7.56. The number of rotatable bonds is 2. The monoisotopic (exact) mass is 243 g/mol. The van der Waals surface area contributed by atoms with Crippen molar-refractivity contribution < 1.29 is 18.7 Å². The van der Waals surface area contributed by atoms with Crippen LogP contribution in [0.1, 0.15) is 5.56 Å². The summed E-state index contributed by atoms with van der Waals surface area (Å²) in [6, 6.07) is 2.21. The van der Waals surface area contributed by atoms with Gasteiger partial charge in [0.15, 0.2) is 6.04 Å². The van der Waals surface area contributed by atoms with Crippen LogP contribution < -0.4 is 0 Å². The van der Waals surface area contributed by atoms with Gasteiger partial charge in [-0.2, -0.15) is 0 Å². The Morgan fingerprint density at radius 3 is 2.50 bits per heavy atom. The SMILES string of the molecule is O=C(O)C1CSC(c2cc(F)cc(F)c2)=N1. The normalized spacial score (nSPS) is 19.6. The van der Waals surface area contributed by atoms with Crippen LogP contribution in [0.3, 0.4) is 0 Å². The topological polar surface area (TPSA) is 49.7 Å². The summed E-state index contributed by atoms with van der Waals surface area (Å²) in [4.78, 5) is 14.5. The molecule has 1 aromatic rings. The van der Waals surface area contributed by atoms with E-state index in [1.807, 2.05) is 0 Å². The van der Waals surface area contributed by atoms with Gasteiger partial charge in [0.1, 0.15) is 11.6 Å². The zero-order valence-electron chi connectivity index (χ0n) is 7.98. The maximum atomic E-state index is 12.9. The minimum absolute atomic E-state index is 0.284. The highest BCUT2D eigenvalue weighted by atomic mass is 32.2. The number of carboxylic acids is 1. The van der Waals surface area contributed by atoms with Gasteiger partial charge in [-0.05, 0) is 12.1 Å². The lowest BCUT2D eigenvalue weighted by atomic mass is 10.2. The summed E-state index contributed by atoms with van der Waals surface area (Å²) >= 11 is 1.19. The van der Waals surface area contributed by atoms with Crippen molar-refractivity contribution in [3.63, 3.8) is 0 Å². The Morgan fingerprint density at radius 2 is 2.00 bits per heavy atom. The van der Waals surface area contributed by atoms with Crippen LogP contribution in [0.2, 0.25) is 0 Å². The minimum atomic E-state index is -1.03. The molecule has 3 nitrogen and oxygen atoms in total. The molecule has 1 aromatic carbocycles. The second-order valence-electron chi connectivity index (χ2n) is 3.26. The van der Waals surface area contributed by atoms with Crippen molar-refractivity contribution in [1.82, 2.24) is 0 Å². The Bertz CT molecular complexity index is 456. The van der Waals surface area contributed by atoms with Gasteiger partial charge in [-0.1, -0.05) is 0 Å².